The first-order valence-electron chi connectivity index (χ1n) is 11.2. The van der Waals surface area contributed by atoms with E-state index in [9.17, 15) is 14.9 Å². The van der Waals surface area contributed by atoms with E-state index in [1.807, 2.05) is 55.5 Å². The van der Waals surface area contributed by atoms with Gasteiger partial charge >= 0.3 is 0 Å². The standard InChI is InChI=1S/C26H23N5O4/c1-17-11-13-18(14-12-17)22-15-23(19-7-4-6-10-24(19)35-2)30-26(27-16-28-30)29(22)25(32)20-8-3-5-9-21(20)31(33)34/h3-14,16,22-23H,15H2,1-2H3/t22-,23+/m1/s1. The molecule has 1 aromatic heterocycles. The Kier molecular flexibility index (Phi) is 5.74. The van der Waals surface area contributed by atoms with E-state index in [2.05, 4.69) is 10.1 Å². The minimum atomic E-state index is -0.541. The monoisotopic (exact) mass is 469 g/mol. The molecule has 0 spiro atoms. The molecule has 0 bridgehead atoms. The predicted octanol–water partition coefficient (Wildman–Crippen LogP) is 4.88. The van der Waals surface area contributed by atoms with Crippen molar-refractivity contribution >= 4 is 17.5 Å². The Morgan fingerprint density at radius 2 is 1.74 bits per heavy atom. The number of nitro benzene ring substituents is 1. The van der Waals surface area contributed by atoms with Crippen LogP contribution in [-0.2, 0) is 0 Å². The third kappa shape index (κ3) is 3.90. The fraction of sp³-hybridized carbons (Fsp3) is 0.192. The number of amides is 1. The molecule has 0 saturated carbocycles. The van der Waals surface area contributed by atoms with Crippen molar-refractivity contribution < 1.29 is 14.5 Å². The Morgan fingerprint density at radius 3 is 2.49 bits per heavy atom. The van der Waals surface area contributed by atoms with Crippen LogP contribution in [-0.4, -0.2) is 32.7 Å². The number of nitro groups is 1. The largest absolute Gasteiger partial charge is 0.496 e. The number of hydrogen-bond acceptors (Lipinski definition) is 6. The summed E-state index contributed by atoms with van der Waals surface area (Å²) in [5.41, 5.74) is 2.65. The van der Waals surface area contributed by atoms with Crippen molar-refractivity contribution in [2.45, 2.75) is 25.4 Å². The third-order valence-electron chi connectivity index (χ3n) is 6.33. The molecule has 9 heteroatoms. The summed E-state index contributed by atoms with van der Waals surface area (Å²) in [6.07, 6.45) is 1.88. The number of ether oxygens (including phenoxy) is 1. The quantitative estimate of drug-likeness (QED) is 0.305. The molecule has 1 amide bonds. The highest BCUT2D eigenvalue weighted by molar-refractivity contribution is 6.08. The van der Waals surface area contributed by atoms with Crippen molar-refractivity contribution in [3.63, 3.8) is 0 Å². The number of nitrogens with zero attached hydrogens (tertiary/aromatic N) is 5. The summed E-state index contributed by atoms with van der Waals surface area (Å²) in [6, 6.07) is 20.9. The Hall–Kier alpha value is -4.53. The maximum atomic E-state index is 13.9. The van der Waals surface area contributed by atoms with Gasteiger partial charge in [-0.15, -0.1) is 0 Å². The highest BCUT2D eigenvalue weighted by Crippen LogP contribution is 2.44. The first-order valence-corrected chi connectivity index (χ1v) is 11.2. The normalized spacial score (nSPS) is 17.0. The summed E-state index contributed by atoms with van der Waals surface area (Å²) < 4.78 is 7.31. The van der Waals surface area contributed by atoms with Crippen LogP contribution in [0, 0.1) is 17.0 Å². The Morgan fingerprint density at radius 1 is 1.03 bits per heavy atom. The molecule has 176 valence electrons. The first kappa shape index (κ1) is 22.3. The minimum Gasteiger partial charge on any atom is -0.496 e. The van der Waals surface area contributed by atoms with Crippen LogP contribution in [0.4, 0.5) is 11.6 Å². The maximum absolute atomic E-state index is 13.9. The number of rotatable bonds is 5. The van der Waals surface area contributed by atoms with E-state index in [4.69, 9.17) is 4.74 Å². The highest BCUT2D eigenvalue weighted by Gasteiger charge is 2.41. The van der Waals surface area contributed by atoms with E-state index in [-0.39, 0.29) is 17.3 Å². The number of aromatic nitrogens is 3. The molecule has 4 aromatic rings. The fourth-order valence-corrected chi connectivity index (χ4v) is 4.64. The SMILES string of the molecule is COc1ccccc1[C@@H]1C[C@H](c2ccc(C)cc2)N(C(=O)c2ccccc2[N+](=O)[O-])c2ncnn21. The van der Waals surface area contributed by atoms with Gasteiger partial charge in [-0.2, -0.15) is 10.1 Å². The van der Waals surface area contributed by atoms with Gasteiger partial charge in [0.25, 0.3) is 11.6 Å². The molecule has 35 heavy (non-hydrogen) atoms. The van der Waals surface area contributed by atoms with Gasteiger partial charge in [0.2, 0.25) is 5.95 Å². The van der Waals surface area contributed by atoms with E-state index >= 15 is 0 Å². The highest BCUT2D eigenvalue weighted by atomic mass is 16.6. The lowest BCUT2D eigenvalue weighted by molar-refractivity contribution is -0.385. The summed E-state index contributed by atoms with van der Waals surface area (Å²) in [5.74, 6) is 0.525. The number of anilines is 1. The number of benzene rings is 3. The molecule has 0 radical (unpaired) electrons. The van der Waals surface area contributed by atoms with Gasteiger partial charge in [-0.1, -0.05) is 60.2 Å². The Labute approximate surface area is 201 Å². The molecule has 9 nitrogen and oxygen atoms in total. The van der Waals surface area contributed by atoms with Crippen LogP contribution in [0.5, 0.6) is 5.75 Å². The van der Waals surface area contributed by atoms with Crippen LogP contribution >= 0.6 is 0 Å². The second-order valence-electron chi connectivity index (χ2n) is 8.37. The van der Waals surface area contributed by atoms with E-state index in [1.165, 1.54) is 23.4 Å². The predicted molar refractivity (Wildman–Crippen MR) is 130 cm³/mol. The lowest BCUT2D eigenvalue weighted by atomic mass is 9.90. The zero-order valence-corrected chi connectivity index (χ0v) is 19.2. The third-order valence-corrected chi connectivity index (χ3v) is 6.33. The molecule has 0 saturated heterocycles. The molecule has 1 aliphatic rings. The number of aryl methyl sites for hydroxylation is 1. The van der Waals surface area contributed by atoms with Crippen LogP contribution in [0.1, 0.15) is 45.6 Å². The molecule has 0 unspecified atom stereocenters. The summed E-state index contributed by atoms with van der Waals surface area (Å²) in [5, 5.41) is 16.1. The van der Waals surface area contributed by atoms with Gasteiger partial charge in [0.1, 0.15) is 17.6 Å². The number of hydrogen-bond donors (Lipinski definition) is 0. The first-order chi connectivity index (χ1) is 17.0. The van der Waals surface area contributed by atoms with Gasteiger partial charge in [-0.05, 0) is 31.0 Å². The molecule has 3 aromatic carbocycles. The van der Waals surface area contributed by atoms with Crippen molar-refractivity contribution in [2.24, 2.45) is 0 Å². The molecule has 5 rings (SSSR count). The topological polar surface area (TPSA) is 103 Å². The van der Waals surface area contributed by atoms with Crippen LogP contribution in [0.25, 0.3) is 0 Å². The zero-order valence-electron chi connectivity index (χ0n) is 19.2. The number of methoxy groups -OCH3 is 1. The molecule has 2 heterocycles. The molecule has 0 fully saturated rings. The van der Waals surface area contributed by atoms with Gasteiger partial charge < -0.3 is 4.74 Å². The maximum Gasteiger partial charge on any atom is 0.282 e. The molecule has 0 N–H and O–H groups in total. The van der Waals surface area contributed by atoms with E-state index in [0.29, 0.717) is 18.1 Å². The van der Waals surface area contributed by atoms with Crippen molar-refractivity contribution in [1.82, 2.24) is 14.8 Å². The van der Waals surface area contributed by atoms with Gasteiger partial charge in [0.05, 0.1) is 24.1 Å². The lowest BCUT2D eigenvalue weighted by Gasteiger charge is -2.39. The van der Waals surface area contributed by atoms with E-state index in [1.54, 1.807) is 23.9 Å². The second-order valence-corrected chi connectivity index (χ2v) is 8.37. The number of para-hydroxylation sites is 2. The fourth-order valence-electron chi connectivity index (χ4n) is 4.64. The van der Waals surface area contributed by atoms with Gasteiger partial charge in [0.15, 0.2) is 0 Å². The Bertz CT molecular complexity index is 1400. The van der Waals surface area contributed by atoms with Gasteiger partial charge in [0, 0.05) is 11.6 Å². The molecule has 0 aliphatic carbocycles. The van der Waals surface area contributed by atoms with Crippen molar-refractivity contribution in [1.29, 1.82) is 0 Å². The molecule has 1 aliphatic heterocycles. The van der Waals surface area contributed by atoms with E-state index < -0.39 is 16.9 Å². The lowest BCUT2D eigenvalue weighted by Crippen LogP contribution is -2.43. The van der Waals surface area contributed by atoms with Crippen molar-refractivity contribution in [3.05, 3.63) is 111 Å². The van der Waals surface area contributed by atoms with Crippen molar-refractivity contribution in [3.8, 4) is 5.75 Å². The van der Waals surface area contributed by atoms with Gasteiger partial charge in [-0.25, -0.2) is 4.68 Å². The summed E-state index contributed by atoms with van der Waals surface area (Å²) in [7, 11) is 1.62. The van der Waals surface area contributed by atoms with Crippen LogP contribution < -0.4 is 9.64 Å². The number of carbonyl (C=O) groups excluding carboxylic acids is 1. The summed E-state index contributed by atoms with van der Waals surface area (Å²) in [4.78, 5) is 31.0. The average molecular weight is 470 g/mol. The summed E-state index contributed by atoms with van der Waals surface area (Å²) >= 11 is 0. The number of carbonyl (C=O) groups is 1. The van der Waals surface area contributed by atoms with Gasteiger partial charge in [-0.3, -0.25) is 19.8 Å². The zero-order chi connectivity index (χ0) is 24.5. The molecular formula is C26H23N5O4. The summed E-state index contributed by atoms with van der Waals surface area (Å²) in [6.45, 7) is 2.00. The van der Waals surface area contributed by atoms with Crippen LogP contribution in [0.2, 0.25) is 0 Å². The van der Waals surface area contributed by atoms with Crippen LogP contribution in [0.3, 0.4) is 0 Å². The number of fused-ring (bicyclic) bond motifs is 1. The smallest absolute Gasteiger partial charge is 0.282 e. The van der Waals surface area contributed by atoms with E-state index in [0.717, 1.165) is 16.7 Å². The molecule has 2 atom stereocenters. The van der Waals surface area contributed by atoms with Crippen LogP contribution in [0.15, 0.2) is 79.1 Å². The average Bonchev–Trinajstić information content (AvgIpc) is 3.37. The molecular weight excluding hydrogens is 446 g/mol. The Balaban J connectivity index is 1.69. The van der Waals surface area contributed by atoms with Crippen molar-refractivity contribution in [2.75, 3.05) is 12.0 Å². The second kappa shape index (κ2) is 9.02. The minimum absolute atomic E-state index is 0.0000895.